The van der Waals surface area contributed by atoms with Crippen molar-refractivity contribution < 1.29 is 77.3 Å². The van der Waals surface area contributed by atoms with Crippen molar-refractivity contribution in [2.75, 3.05) is 98.9 Å². The Morgan fingerprint density at radius 3 is 1.42 bits per heavy atom. The van der Waals surface area contributed by atoms with Gasteiger partial charge in [0.25, 0.3) is 0 Å². The van der Waals surface area contributed by atoms with Crippen molar-refractivity contribution in [1.29, 1.82) is 0 Å². The molecule has 0 rings (SSSR count). The summed E-state index contributed by atoms with van der Waals surface area (Å²) >= 11 is 0. The summed E-state index contributed by atoms with van der Waals surface area (Å²) in [6.45, 7) is 0.496. The predicted octanol–water partition coefficient (Wildman–Crippen LogP) is 0.988. The third kappa shape index (κ3) is 35.7. The van der Waals surface area contributed by atoms with Crippen LogP contribution in [0.2, 0.25) is 0 Å². The number of nitrogens with one attached hydrogen (secondary N) is 3. The number of amides is 3. The minimum absolute atomic E-state index is 0.0103. The summed E-state index contributed by atoms with van der Waals surface area (Å²) in [5.41, 5.74) is 7.16. The number of nitrogens with zero attached hydrogens (tertiary/aromatic N) is 3. The van der Waals surface area contributed by atoms with E-state index in [1.807, 2.05) is 0 Å². The molecule has 0 aliphatic carbocycles. The van der Waals surface area contributed by atoms with Crippen molar-refractivity contribution in [3.63, 3.8) is 0 Å². The molecule has 57 heavy (non-hydrogen) atoms. The van der Waals surface area contributed by atoms with E-state index in [-0.39, 0.29) is 167 Å². The number of Topliss-reactive ketones (excluding diaryl/α,β-unsaturated/α-hetero) is 1. The summed E-state index contributed by atoms with van der Waals surface area (Å²) < 4.78 is 33.1. The molecule has 0 aromatic rings. The largest absolute Gasteiger partial charge is 0.481 e. The zero-order valence-corrected chi connectivity index (χ0v) is 32.6. The average Bonchev–Trinajstić information content (AvgIpc) is 3.15. The number of carboxylic acid groups (broad SMARTS) is 3. The molecule has 22 heteroatoms. The molecule has 0 saturated heterocycles. The Hall–Kier alpha value is -4.44. The van der Waals surface area contributed by atoms with Gasteiger partial charge in [-0.3, -0.25) is 33.6 Å². The van der Waals surface area contributed by atoms with E-state index in [0.717, 1.165) is 0 Å². The minimum atomic E-state index is -1.31. The van der Waals surface area contributed by atoms with Gasteiger partial charge in [-0.05, 0) is 24.8 Å². The maximum atomic E-state index is 13.2. The molecule has 0 unspecified atom stereocenters. The van der Waals surface area contributed by atoms with Crippen LogP contribution < -0.4 is 16.0 Å². The molecule has 0 atom stereocenters. The van der Waals surface area contributed by atoms with E-state index in [4.69, 9.17) is 49.3 Å². The highest BCUT2D eigenvalue weighted by molar-refractivity contribution is 5.78. The molecule has 0 heterocycles. The number of unbranched alkanes of at least 4 members (excludes halogenated alkanes) is 2. The molecule has 6 N–H and O–H groups in total. The zero-order valence-electron chi connectivity index (χ0n) is 32.6. The molecule has 0 fully saturated rings. The maximum Gasteiger partial charge on any atom is 0.305 e. The van der Waals surface area contributed by atoms with Crippen LogP contribution >= 0.6 is 0 Å². The molecule has 0 aliphatic rings. The molecule has 3 amide bonds. The molecule has 326 valence electrons. The third-order valence-electron chi connectivity index (χ3n) is 7.50. The van der Waals surface area contributed by atoms with Crippen molar-refractivity contribution in [1.82, 2.24) is 16.0 Å². The lowest BCUT2D eigenvalue weighted by Gasteiger charge is -2.34. The lowest BCUT2D eigenvalue weighted by Crippen LogP contribution is -2.58. The first-order valence-corrected chi connectivity index (χ1v) is 18.9. The number of rotatable bonds is 41. The van der Waals surface area contributed by atoms with E-state index < -0.39 is 23.4 Å². The molecule has 22 nitrogen and oxygen atoms in total. The first kappa shape index (κ1) is 52.6. The number of hydrogen-bond donors (Lipinski definition) is 6. The standard InChI is InChI=1S/C35H60N6O16/c36-41-39-13-3-1-2-6-31(45)40-35(25-55-17-7-28(42)5-4-16-52-20-10-32(46)47,26-56-18-8-29(43)37-14-23-53-21-11-33(48)49)27-57-19-9-30(44)38-15-24-54-22-12-34(50)51/h1-27H2,(H,37,43)(H,38,44)(H,40,45)(H,46,47)(H,48,49)(H,50,51). The van der Waals surface area contributed by atoms with Crippen molar-refractivity contribution in [3.8, 4) is 0 Å². The molecule has 0 spiro atoms. The Bertz CT molecular complexity index is 1120. The Morgan fingerprint density at radius 2 is 0.947 bits per heavy atom. The van der Waals surface area contributed by atoms with E-state index >= 15 is 0 Å². The first-order valence-electron chi connectivity index (χ1n) is 18.9. The number of azide groups is 1. The normalized spacial score (nSPS) is 11.0. The van der Waals surface area contributed by atoms with Crippen LogP contribution in [0.1, 0.15) is 77.0 Å². The summed E-state index contributed by atoms with van der Waals surface area (Å²) in [5, 5.41) is 37.7. The van der Waals surface area contributed by atoms with Crippen LogP contribution in [-0.4, -0.2) is 161 Å². The number of ether oxygens (including phenoxy) is 6. The summed E-state index contributed by atoms with van der Waals surface area (Å²) in [7, 11) is 0. The van der Waals surface area contributed by atoms with Gasteiger partial charge >= 0.3 is 17.9 Å². The molecule has 0 saturated carbocycles. The molecule has 0 bridgehead atoms. The Morgan fingerprint density at radius 1 is 0.491 bits per heavy atom. The lowest BCUT2D eigenvalue weighted by molar-refractivity contribution is -0.139. The molecular formula is C35H60N6O16. The zero-order chi connectivity index (χ0) is 42.4. The van der Waals surface area contributed by atoms with Crippen LogP contribution in [0.5, 0.6) is 0 Å². The van der Waals surface area contributed by atoms with Crippen molar-refractivity contribution >= 4 is 41.4 Å². The van der Waals surface area contributed by atoms with E-state index in [9.17, 15) is 33.6 Å². The topological polar surface area (TPSA) is 320 Å². The highest BCUT2D eigenvalue weighted by Crippen LogP contribution is 2.13. The van der Waals surface area contributed by atoms with Gasteiger partial charge in [0.05, 0.1) is 91.9 Å². The fraction of sp³-hybridized carbons (Fsp3) is 0.800. The summed E-state index contributed by atoms with van der Waals surface area (Å²) in [4.78, 5) is 84.8. The first-order chi connectivity index (χ1) is 27.4. The Kier molecular flexibility index (Phi) is 33.1. The SMILES string of the molecule is [N-]=[N+]=NCCCCCC(=O)NC(COCCC(=O)CCCOCCC(=O)O)(COCCC(=O)NCCOCCC(=O)O)COCCC(=O)NCCOCCC(=O)O. The van der Waals surface area contributed by atoms with E-state index in [1.165, 1.54) is 0 Å². The molecule has 0 aromatic heterocycles. The van der Waals surface area contributed by atoms with Gasteiger partial charge in [0, 0.05) is 63.3 Å². The van der Waals surface area contributed by atoms with Gasteiger partial charge in [0.15, 0.2) is 0 Å². The van der Waals surface area contributed by atoms with Crippen LogP contribution in [0.25, 0.3) is 10.4 Å². The molecule has 0 aliphatic heterocycles. The molecular weight excluding hydrogens is 760 g/mol. The number of carbonyl (C=O) groups excluding carboxylic acids is 4. The minimum Gasteiger partial charge on any atom is -0.481 e. The number of hydrogen-bond acceptors (Lipinski definition) is 14. The number of carbonyl (C=O) groups is 7. The maximum absolute atomic E-state index is 13.2. The van der Waals surface area contributed by atoms with E-state index in [0.29, 0.717) is 32.2 Å². The van der Waals surface area contributed by atoms with Crippen LogP contribution in [0, 0.1) is 0 Å². The molecule has 0 aromatic carbocycles. The van der Waals surface area contributed by atoms with Crippen LogP contribution in [0.15, 0.2) is 5.11 Å². The van der Waals surface area contributed by atoms with E-state index in [2.05, 4.69) is 26.0 Å². The second kappa shape index (κ2) is 35.9. The monoisotopic (exact) mass is 820 g/mol. The second-order valence-corrected chi connectivity index (χ2v) is 12.6. The predicted molar refractivity (Wildman–Crippen MR) is 199 cm³/mol. The van der Waals surface area contributed by atoms with Gasteiger partial charge in [-0.25, -0.2) is 0 Å². The highest BCUT2D eigenvalue weighted by Gasteiger charge is 2.34. The number of aliphatic carboxylic acids is 3. The van der Waals surface area contributed by atoms with Crippen LogP contribution in [-0.2, 0) is 62.0 Å². The summed E-state index contributed by atoms with van der Waals surface area (Å²) in [5.74, 6) is -4.17. The Labute approximate surface area is 331 Å². The van der Waals surface area contributed by atoms with Gasteiger partial charge in [-0.15, -0.1) is 0 Å². The molecule has 0 radical (unpaired) electrons. The van der Waals surface area contributed by atoms with Crippen LogP contribution in [0.4, 0.5) is 0 Å². The van der Waals surface area contributed by atoms with Crippen LogP contribution in [0.3, 0.4) is 0 Å². The fourth-order valence-corrected chi connectivity index (χ4v) is 4.58. The number of carboxylic acids is 3. The van der Waals surface area contributed by atoms with E-state index in [1.54, 1.807) is 0 Å². The lowest BCUT2D eigenvalue weighted by atomic mass is 10.0. The van der Waals surface area contributed by atoms with Gasteiger partial charge in [-0.1, -0.05) is 11.5 Å². The van der Waals surface area contributed by atoms with Crippen molar-refractivity contribution in [2.24, 2.45) is 5.11 Å². The third-order valence-corrected chi connectivity index (χ3v) is 7.50. The average molecular weight is 821 g/mol. The van der Waals surface area contributed by atoms with Crippen molar-refractivity contribution in [2.45, 2.75) is 82.6 Å². The Balaban J connectivity index is 5.41. The van der Waals surface area contributed by atoms with Gasteiger partial charge < -0.3 is 59.7 Å². The van der Waals surface area contributed by atoms with Gasteiger partial charge in [0.1, 0.15) is 11.3 Å². The highest BCUT2D eigenvalue weighted by atomic mass is 16.5. The van der Waals surface area contributed by atoms with Gasteiger partial charge in [0.2, 0.25) is 17.7 Å². The summed E-state index contributed by atoms with van der Waals surface area (Å²) in [6, 6.07) is 0. The second-order valence-electron chi connectivity index (χ2n) is 12.6. The smallest absolute Gasteiger partial charge is 0.305 e. The number of ketones is 1. The quantitative estimate of drug-likeness (QED) is 0.0217. The fourth-order valence-electron chi connectivity index (χ4n) is 4.58. The summed E-state index contributed by atoms with van der Waals surface area (Å²) in [6.07, 6.45) is 1.89. The van der Waals surface area contributed by atoms with Gasteiger partial charge in [-0.2, -0.15) is 0 Å². The van der Waals surface area contributed by atoms with Crippen molar-refractivity contribution in [3.05, 3.63) is 10.4 Å².